The molecule has 0 radical (unpaired) electrons. The van der Waals surface area contributed by atoms with Crippen molar-refractivity contribution in [1.29, 1.82) is 0 Å². The second kappa shape index (κ2) is 6.33. The molecule has 20 heavy (non-hydrogen) atoms. The van der Waals surface area contributed by atoms with Crippen LogP contribution in [0.5, 0.6) is 0 Å². The van der Waals surface area contributed by atoms with Gasteiger partial charge in [0.2, 0.25) is 5.91 Å². The summed E-state index contributed by atoms with van der Waals surface area (Å²) >= 11 is 11.9. The van der Waals surface area contributed by atoms with Gasteiger partial charge in [-0.3, -0.25) is 4.79 Å². The summed E-state index contributed by atoms with van der Waals surface area (Å²) < 4.78 is 0. The number of likely N-dealkylation sites (N-methyl/N-ethyl adjacent to an activating group) is 1. The van der Waals surface area contributed by atoms with E-state index in [2.05, 4.69) is 10.6 Å². The van der Waals surface area contributed by atoms with Gasteiger partial charge in [0.05, 0.1) is 0 Å². The van der Waals surface area contributed by atoms with Gasteiger partial charge in [-0.15, -0.1) is 0 Å². The normalized spacial score (nSPS) is 18.1. The average Bonchev–Trinajstić information content (AvgIpc) is 2.78. The zero-order valence-corrected chi connectivity index (χ0v) is 12.5. The van der Waals surface area contributed by atoms with Crippen molar-refractivity contribution in [3.05, 3.63) is 33.8 Å². The molecule has 0 aromatic heterocycles. The molecule has 108 valence electrons. The smallest absolute Gasteiger partial charge is 0.318 e. The van der Waals surface area contributed by atoms with Gasteiger partial charge in [-0.25, -0.2) is 4.79 Å². The highest BCUT2D eigenvalue weighted by atomic mass is 35.5. The molecule has 1 aromatic carbocycles. The maximum absolute atomic E-state index is 12.1. The molecule has 7 heteroatoms. The first-order chi connectivity index (χ1) is 9.52. The Labute approximate surface area is 127 Å². The standard InChI is InChI=1S/C13H15Cl2N3O2/c1-2-18-11(7-17-13(18)20)12(19)16-6-8-3-4-9(14)5-10(8)15/h3-5,11H,2,6-7H2,1H3,(H,16,19)(H,17,20). The molecule has 1 atom stereocenters. The van der Waals surface area contributed by atoms with Crippen LogP contribution < -0.4 is 10.6 Å². The zero-order valence-electron chi connectivity index (χ0n) is 11.0. The van der Waals surface area contributed by atoms with Crippen molar-refractivity contribution in [3.63, 3.8) is 0 Å². The number of nitrogens with one attached hydrogen (secondary N) is 2. The second-order valence-corrected chi connectivity index (χ2v) is 5.29. The van der Waals surface area contributed by atoms with Crippen molar-refractivity contribution in [2.75, 3.05) is 13.1 Å². The summed E-state index contributed by atoms with van der Waals surface area (Å²) in [6.07, 6.45) is 0. The van der Waals surface area contributed by atoms with Gasteiger partial charge in [-0.1, -0.05) is 29.3 Å². The Morgan fingerprint density at radius 1 is 1.50 bits per heavy atom. The Kier molecular flexibility index (Phi) is 4.73. The monoisotopic (exact) mass is 315 g/mol. The van der Waals surface area contributed by atoms with Gasteiger partial charge in [0.1, 0.15) is 6.04 Å². The predicted molar refractivity (Wildman–Crippen MR) is 77.9 cm³/mol. The minimum absolute atomic E-state index is 0.198. The van der Waals surface area contributed by atoms with E-state index in [0.717, 1.165) is 5.56 Å². The third kappa shape index (κ3) is 3.16. The lowest BCUT2D eigenvalue weighted by atomic mass is 10.2. The Balaban J connectivity index is 1.97. The molecule has 0 aliphatic carbocycles. The van der Waals surface area contributed by atoms with Crippen LogP contribution in [0, 0.1) is 0 Å². The summed E-state index contributed by atoms with van der Waals surface area (Å²) in [5, 5.41) is 6.49. The number of benzene rings is 1. The largest absolute Gasteiger partial charge is 0.350 e. The molecule has 1 unspecified atom stereocenters. The van der Waals surface area contributed by atoms with Crippen molar-refractivity contribution in [1.82, 2.24) is 15.5 Å². The number of urea groups is 1. The van der Waals surface area contributed by atoms with Crippen molar-refractivity contribution in [2.45, 2.75) is 19.5 Å². The summed E-state index contributed by atoms with van der Waals surface area (Å²) in [6, 6.07) is 4.42. The lowest BCUT2D eigenvalue weighted by Gasteiger charge is -2.20. The maximum Gasteiger partial charge on any atom is 0.318 e. The Morgan fingerprint density at radius 2 is 2.25 bits per heavy atom. The summed E-state index contributed by atoms with van der Waals surface area (Å²) in [6.45, 7) is 2.96. The highest BCUT2D eigenvalue weighted by molar-refractivity contribution is 6.35. The quantitative estimate of drug-likeness (QED) is 0.893. The molecule has 1 aromatic rings. The fraction of sp³-hybridized carbons (Fsp3) is 0.385. The van der Waals surface area contributed by atoms with E-state index in [1.807, 2.05) is 6.92 Å². The van der Waals surface area contributed by atoms with Crippen molar-refractivity contribution >= 4 is 35.1 Å². The number of hydrogen-bond donors (Lipinski definition) is 2. The van der Waals surface area contributed by atoms with E-state index >= 15 is 0 Å². The highest BCUT2D eigenvalue weighted by Crippen LogP contribution is 2.20. The van der Waals surface area contributed by atoms with Crippen molar-refractivity contribution < 1.29 is 9.59 Å². The van der Waals surface area contributed by atoms with Crippen LogP contribution in [-0.4, -0.2) is 36.0 Å². The lowest BCUT2D eigenvalue weighted by molar-refractivity contribution is -0.124. The van der Waals surface area contributed by atoms with Gasteiger partial charge in [-0.05, 0) is 24.6 Å². The molecule has 2 N–H and O–H groups in total. The Bertz CT molecular complexity index is 536. The molecule has 1 saturated heterocycles. The predicted octanol–water partition coefficient (Wildman–Crippen LogP) is 2.02. The summed E-state index contributed by atoms with van der Waals surface area (Å²) in [4.78, 5) is 25.1. The van der Waals surface area contributed by atoms with E-state index < -0.39 is 6.04 Å². The van der Waals surface area contributed by atoms with E-state index in [-0.39, 0.29) is 11.9 Å². The average molecular weight is 316 g/mol. The fourth-order valence-corrected chi connectivity index (χ4v) is 2.58. The van der Waals surface area contributed by atoms with E-state index in [0.29, 0.717) is 29.7 Å². The van der Waals surface area contributed by atoms with Gasteiger partial charge < -0.3 is 15.5 Å². The molecule has 1 aliphatic rings. The number of hydrogen-bond acceptors (Lipinski definition) is 2. The van der Waals surface area contributed by atoms with Crippen LogP contribution in [0.3, 0.4) is 0 Å². The molecule has 1 heterocycles. The third-order valence-corrected chi connectivity index (χ3v) is 3.78. The van der Waals surface area contributed by atoms with Gasteiger partial charge in [0.15, 0.2) is 0 Å². The molecule has 5 nitrogen and oxygen atoms in total. The molecule has 3 amide bonds. The van der Waals surface area contributed by atoms with Gasteiger partial charge >= 0.3 is 6.03 Å². The third-order valence-electron chi connectivity index (χ3n) is 3.20. The van der Waals surface area contributed by atoms with Crippen molar-refractivity contribution in [2.24, 2.45) is 0 Å². The minimum atomic E-state index is -0.474. The molecular weight excluding hydrogens is 301 g/mol. The summed E-state index contributed by atoms with van der Waals surface area (Å²) in [5.41, 5.74) is 0.782. The number of carbonyl (C=O) groups is 2. The summed E-state index contributed by atoms with van der Waals surface area (Å²) in [5.74, 6) is -0.198. The van der Waals surface area contributed by atoms with E-state index in [1.54, 1.807) is 18.2 Å². The molecular formula is C13H15Cl2N3O2. The fourth-order valence-electron chi connectivity index (χ4n) is 2.10. The van der Waals surface area contributed by atoms with E-state index in [4.69, 9.17) is 23.2 Å². The molecule has 0 bridgehead atoms. The molecule has 1 fully saturated rings. The topological polar surface area (TPSA) is 61.4 Å². The minimum Gasteiger partial charge on any atom is -0.350 e. The van der Waals surface area contributed by atoms with Crippen LogP contribution in [0.15, 0.2) is 18.2 Å². The van der Waals surface area contributed by atoms with E-state index in [1.165, 1.54) is 4.90 Å². The maximum atomic E-state index is 12.1. The summed E-state index contributed by atoms with van der Waals surface area (Å²) in [7, 11) is 0. The van der Waals surface area contributed by atoms with Gasteiger partial charge in [0.25, 0.3) is 0 Å². The number of halogens is 2. The number of amides is 3. The number of rotatable bonds is 4. The van der Waals surface area contributed by atoms with Gasteiger partial charge in [-0.2, -0.15) is 0 Å². The molecule has 2 rings (SSSR count). The molecule has 0 spiro atoms. The SMILES string of the molecule is CCN1C(=O)NCC1C(=O)NCc1ccc(Cl)cc1Cl. The van der Waals surface area contributed by atoms with Crippen LogP contribution >= 0.6 is 23.2 Å². The van der Waals surface area contributed by atoms with Crippen molar-refractivity contribution in [3.8, 4) is 0 Å². The first-order valence-electron chi connectivity index (χ1n) is 6.29. The second-order valence-electron chi connectivity index (χ2n) is 4.44. The Morgan fingerprint density at radius 3 is 2.90 bits per heavy atom. The molecule has 1 aliphatic heterocycles. The Hall–Kier alpha value is -1.46. The van der Waals surface area contributed by atoms with Gasteiger partial charge in [0, 0.05) is 29.7 Å². The zero-order chi connectivity index (χ0) is 14.7. The first kappa shape index (κ1) is 14.9. The van der Waals surface area contributed by atoms with Crippen LogP contribution in [0.2, 0.25) is 10.0 Å². The van der Waals surface area contributed by atoms with Crippen LogP contribution in [0.25, 0.3) is 0 Å². The highest BCUT2D eigenvalue weighted by Gasteiger charge is 2.34. The number of carbonyl (C=O) groups excluding carboxylic acids is 2. The van der Waals surface area contributed by atoms with Crippen LogP contribution in [-0.2, 0) is 11.3 Å². The number of nitrogens with zero attached hydrogens (tertiary/aromatic N) is 1. The van der Waals surface area contributed by atoms with Crippen LogP contribution in [0.4, 0.5) is 4.79 Å². The first-order valence-corrected chi connectivity index (χ1v) is 7.04. The lowest BCUT2D eigenvalue weighted by Crippen LogP contribution is -2.45. The van der Waals surface area contributed by atoms with Crippen LogP contribution in [0.1, 0.15) is 12.5 Å². The van der Waals surface area contributed by atoms with E-state index in [9.17, 15) is 9.59 Å². The molecule has 0 saturated carbocycles.